The van der Waals surface area contributed by atoms with Gasteiger partial charge in [0.1, 0.15) is 0 Å². The van der Waals surface area contributed by atoms with E-state index >= 15 is 0 Å². The Balaban J connectivity index is 1.28. The Morgan fingerprint density at radius 1 is 0.192 bits per heavy atom. The first-order valence-electron chi connectivity index (χ1n) is 17.9. The minimum atomic E-state index is 1.13. The molecule has 0 aliphatic carbocycles. The van der Waals surface area contributed by atoms with E-state index in [2.05, 4.69) is 216 Å². The molecule has 10 aromatic rings. The third-order valence-electron chi connectivity index (χ3n) is 10.3. The molecule has 244 valence electrons. The Bertz CT molecular complexity index is 2610. The van der Waals surface area contributed by atoms with E-state index in [0.29, 0.717) is 0 Å². The predicted molar refractivity (Wildman–Crippen MR) is 223 cm³/mol. The van der Waals surface area contributed by atoms with Crippen LogP contribution in [0.25, 0.3) is 53.9 Å². The summed E-state index contributed by atoms with van der Waals surface area (Å²) in [4.78, 5) is 4.70. The zero-order chi connectivity index (χ0) is 34.4. The summed E-state index contributed by atoms with van der Waals surface area (Å²) >= 11 is 0. The van der Waals surface area contributed by atoms with E-state index in [-0.39, 0.29) is 0 Å². The first-order valence-corrected chi connectivity index (χ1v) is 17.9. The summed E-state index contributed by atoms with van der Waals surface area (Å²) in [5.74, 6) is 0. The molecular weight excluding hydrogens is 629 g/mol. The van der Waals surface area contributed by atoms with Gasteiger partial charge in [0.2, 0.25) is 0 Å². The third-order valence-corrected chi connectivity index (χ3v) is 10.3. The Labute approximate surface area is 303 Å². The molecule has 0 saturated carbocycles. The smallest absolute Gasteiger partial charge is 0.0468 e. The van der Waals surface area contributed by atoms with E-state index in [1.165, 1.54) is 53.9 Å². The van der Waals surface area contributed by atoms with Gasteiger partial charge in [-0.25, -0.2) is 0 Å². The van der Waals surface area contributed by atoms with Gasteiger partial charge in [0.15, 0.2) is 0 Å². The van der Waals surface area contributed by atoms with Gasteiger partial charge in [-0.2, -0.15) is 0 Å². The molecule has 2 heteroatoms. The quantitative estimate of drug-likeness (QED) is 0.164. The first kappa shape index (κ1) is 30.0. The van der Waals surface area contributed by atoms with Crippen LogP contribution in [-0.4, -0.2) is 0 Å². The van der Waals surface area contributed by atoms with Crippen LogP contribution in [0.1, 0.15) is 0 Å². The fourth-order valence-corrected chi connectivity index (χ4v) is 8.13. The number of hydrogen-bond acceptors (Lipinski definition) is 2. The third kappa shape index (κ3) is 4.88. The van der Waals surface area contributed by atoms with Crippen LogP contribution < -0.4 is 9.80 Å². The number of para-hydroxylation sites is 4. The van der Waals surface area contributed by atoms with Gasteiger partial charge in [-0.1, -0.05) is 133 Å². The molecule has 10 aromatic carbocycles. The van der Waals surface area contributed by atoms with E-state index in [4.69, 9.17) is 0 Å². The van der Waals surface area contributed by atoms with Crippen LogP contribution in [0.2, 0.25) is 0 Å². The van der Waals surface area contributed by atoms with Gasteiger partial charge in [-0.3, -0.25) is 0 Å². The van der Waals surface area contributed by atoms with Crippen molar-refractivity contribution in [2.24, 2.45) is 0 Å². The molecular formula is C50H34N2. The molecule has 0 heterocycles. The molecule has 0 fully saturated rings. The SMILES string of the molecule is c1ccc(N(c2ccccc2)c2ccc3c(c2)c2ccccc2c2c4ccc(N(c5ccccc5)c5ccccc5)cc4c4ccccc4c32)cc1. The fourth-order valence-electron chi connectivity index (χ4n) is 8.13. The standard InChI is InChI=1S/C50H34N2/c1-5-17-35(18-6-1)51(36-19-7-2-8-20-36)39-29-31-45-47(33-39)41-25-13-15-27-43(41)50-46-32-30-40(34-48(46)42-26-14-16-28-44(42)49(45)50)52(37-21-9-3-10-22-37)38-23-11-4-12-24-38/h1-34H. The summed E-state index contributed by atoms with van der Waals surface area (Å²) in [6.45, 7) is 0. The highest BCUT2D eigenvalue weighted by Gasteiger charge is 2.20. The maximum absolute atomic E-state index is 2.39. The van der Waals surface area contributed by atoms with Crippen LogP contribution in [0.4, 0.5) is 34.1 Å². The second-order valence-corrected chi connectivity index (χ2v) is 13.3. The molecule has 0 bridgehead atoms. The number of nitrogens with zero attached hydrogens (tertiary/aromatic N) is 2. The average molecular weight is 663 g/mol. The van der Waals surface area contributed by atoms with Gasteiger partial charge >= 0.3 is 0 Å². The van der Waals surface area contributed by atoms with E-state index in [1.54, 1.807) is 0 Å². The number of anilines is 6. The number of rotatable bonds is 6. The molecule has 10 rings (SSSR count). The van der Waals surface area contributed by atoms with Gasteiger partial charge in [0.25, 0.3) is 0 Å². The van der Waals surface area contributed by atoms with Gasteiger partial charge < -0.3 is 9.80 Å². The summed E-state index contributed by atoms with van der Waals surface area (Å²) in [5, 5.41) is 12.6. The monoisotopic (exact) mass is 662 g/mol. The average Bonchev–Trinajstić information content (AvgIpc) is 3.22. The zero-order valence-electron chi connectivity index (χ0n) is 28.5. The lowest BCUT2D eigenvalue weighted by Crippen LogP contribution is -2.09. The summed E-state index contributed by atoms with van der Waals surface area (Å²) in [6, 6.07) is 74.5. The second kappa shape index (κ2) is 12.5. The highest BCUT2D eigenvalue weighted by atomic mass is 15.1. The fraction of sp³-hybridized carbons (Fsp3) is 0. The second-order valence-electron chi connectivity index (χ2n) is 13.3. The topological polar surface area (TPSA) is 6.48 Å². The van der Waals surface area contributed by atoms with Crippen LogP contribution in [0.5, 0.6) is 0 Å². The Morgan fingerprint density at radius 2 is 0.462 bits per heavy atom. The summed E-state index contributed by atoms with van der Waals surface area (Å²) < 4.78 is 0. The Morgan fingerprint density at radius 3 is 0.788 bits per heavy atom. The molecule has 0 saturated heterocycles. The normalized spacial score (nSPS) is 11.5. The molecule has 0 unspecified atom stereocenters. The number of benzene rings is 10. The maximum atomic E-state index is 2.39. The van der Waals surface area contributed by atoms with E-state index in [1.807, 2.05) is 0 Å². The lowest BCUT2D eigenvalue weighted by Gasteiger charge is -2.27. The lowest BCUT2D eigenvalue weighted by atomic mass is 9.87. The van der Waals surface area contributed by atoms with Crippen molar-refractivity contribution in [1.29, 1.82) is 0 Å². The van der Waals surface area contributed by atoms with Gasteiger partial charge in [-0.15, -0.1) is 0 Å². The van der Waals surface area contributed by atoms with Crippen molar-refractivity contribution >= 4 is 88.0 Å². The van der Waals surface area contributed by atoms with E-state index in [9.17, 15) is 0 Å². The minimum Gasteiger partial charge on any atom is -0.310 e. The summed E-state index contributed by atoms with van der Waals surface area (Å²) in [5.41, 5.74) is 6.78. The lowest BCUT2D eigenvalue weighted by molar-refractivity contribution is 1.29. The maximum Gasteiger partial charge on any atom is 0.0468 e. The molecule has 0 radical (unpaired) electrons. The molecule has 0 aliphatic rings. The van der Waals surface area contributed by atoms with Gasteiger partial charge in [0.05, 0.1) is 0 Å². The van der Waals surface area contributed by atoms with Crippen molar-refractivity contribution in [2.45, 2.75) is 0 Å². The molecule has 0 amide bonds. The number of hydrogen-bond donors (Lipinski definition) is 0. The molecule has 0 aromatic heterocycles. The molecule has 2 nitrogen and oxygen atoms in total. The summed E-state index contributed by atoms with van der Waals surface area (Å²) in [7, 11) is 0. The molecule has 0 aliphatic heterocycles. The highest BCUT2D eigenvalue weighted by Crippen LogP contribution is 2.47. The van der Waals surface area contributed by atoms with Crippen LogP contribution in [0, 0.1) is 0 Å². The van der Waals surface area contributed by atoms with Crippen molar-refractivity contribution in [2.75, 3.05) is 9.80 Å². The van der Waals surface area contributed by atoms with Crippen molar-refractivity contribution in [3.63, 3.8) is 0 Å². The first-order chi connectivity index (χ1) is 25.8. The van der Waals surface area contributed by atoms with E-state index in [0.717, 1.165) is 34.1 Å². The van der Waals surface area contributed by atoms with Gasteiger partial charge in [-0.05, 0) is 127 Å². The number of fused-ring (bicyclic) bond motifs is 11. The predicted octanol–water partition coefficient (Wildman–Crippen LogP) is 14.4. The van der Waals surface area contributed by atoms with E-state index < -0.39 is 0 Å². The van der Waals surface area contributed by atoms with Crippen LogP contribution in [-0.2, 0) is 0 Å². The van der Waals surface area contributed by atoms with Crippen LogP contribution in [0.15, 0.2) is 206 Å². The largest absolute Gasteiger partial charge is 0.310 e. The zero-order valence-corrected chi connectivity index (χ0v) is 28.5. The molecule has 0 N–H and O–H groups in total. The van der Waals surface area contributed by atoms with Crippen LogP contribution in [0.3, 0.4) is 0 Å². The minimum absolute atomic E-state index is 1.13. The molecule has 0 atom stereocenters. The molecule has 52 heavy (non-hydrogen) atoms. The highest BCUT2D eigenvalue weighted by molar-refractivity contribution is 6.39. The van der Waals surface area contributed by atoms with Gasteiger partial charge in [0, 0.05) is 34.1 Å². The van der Waals surface area contributed by atoms with Crippen LogP contribution >= 0.6 is 0 Å². The van der Waals surface area contributed by atoms with Crippen molar-refractivity contribution in [3.8, 4) is 0 Å². The van der Waals surface area contributed by atoms with Crippen molar-refractivity contribution in [3.05, 3.63) is 206 Å². The Kier molecular flexibility index (Phi) is 7.18. The van der Waals surface area contributed by atoms with Crippen molar-refractivity contribution < 1.29 is 0 Å². The summed E-state index contributed by atoms with van der Waals surface area (Å²) in [6.07, 6.45) is 0. The Hall–Kier alpha value is -6.90. The molecule has 0 spiro atoms. The van der Waals surface area contributed by atoms with Crippen molar-refractivity contribution in [1.82, 2.24) is 0 Å².